The van der Waals surface area contributed by atoms with Crippen molar-refractivity contribution in [3.8, 4) is 0 Å². The van der Waals surface area contributed by atoms with Gasteiger partial charge >= 0.3 is 5.97 Å². The SMILES string of the molecule is C/C=C/C(C)=C\C(=O)OC.CC1=CC(OO)CC(C)C1.CC1OOC(O)c2ccccc21. The number of aliphatic hydroxyl groups excluding tert-OH is 1. The molecule has 4 atom stereocenters. The molecule has 1 aliphatic heterocycles. The van der Waals surface area contributed by atoms with Gasteiger partial charge in [0.2, 0.25) is 6.29 Å². The molecule has 3 rings (SSSR count). The summed E-state index contributed by atoms with van der Waals surface area (Å²) in [4.78, 5) is 24.4. The molecule has 2 aliphatic rings. The van der Waals surface area contributed by atoms with Gasteiger partial charge < -0.3 is 9.84 Å². The fraction of sp³-hybridized carbons (Fsp3) is 0.480. The molecule has 0 bridgehead atoms. The van der Waals surface area contributed by atoms with Gasteiger partial charge in [-0.3, -0.25) is 5.26 Å². The smallest absolute Gasteiger partial charge is 0.330 e. The maximum absolute atomic E-state index is 10.6. The summed E-state index contributed by atoms with van der Waals surface area (Å²) in [5.41, 5.74) is 3.99. The number of rotatable bonds is 3. The average Bonchev–Trinajstić information content (AvgIpc) is 2.77. The highest BCUT2D eigenvalue weighted by Gasteiger charge is 2.24. The van der Waals surface area contributed by atoms with E-state index in [2.05, 4.69) is 28.4 Å². The zero-order chi connectivity index (χ0) is 24.1. The number of carbonyl (C=O) groups is 1. The van der Waals surface area contributed by atoms with Crippen molar-refractivity contribution in [2.24, 2.45) is 5.92 Å². The first-order valence-corrected chi connectivity index (χ1v) is 10.7. The van der Waals surface area contributed by atoms with E-state index in [-0.39, 0.29) is 18.2 Å². The molecule has 178 valence electrons. The van der Waals surface area contributed by atoms with Crippen LogP contribution >= 0.6 is 0 Å². The number of fused-ring (bicyclic) bond motifs is 1. The maximum Gasteiger partial charge on any atom is 0.330 e. The van der Waals surface area contributed by atoms with Crippen LogP contribution in [0.3, 0.4) is 0 Å². The predicted octanol–water partition coefficient (Wildman–Crippen LogP) is 5.60. The second kappa shape index (κ2) is 14.7. The number of esters is 1. The van der Waals surface area contributed by atoms with E-state index in [1.54, 1.807) is 0 Å². The Bertz CT molecular complexity index is 768. The van der Waals surface area contributed by atoms with Gasteiger partial charge in [0.1, 0.15) is 12.2 Å². The molecular weight excluding hydrogens is 412 g/mol. The number of benzene rings is 1. The summed E-state index contributed by atoms with van der Waals surface area (Å²) in [6.45, 7) is 9.86. The molecule has 7 nitrogen and oxygen atoms in total. The van der Waals surface area contributed by atoms with Crippen molar-refractivity contribution in [2.45, 2.75) is 66.0 Å². The minimum absolute atomic E-state index is 0.0660. The Kier molecular flexibility index (Phi) is 12.8. The summed E-state index contributed by atoms with van der Waals surface area (Å²) in [5, 5.41) is 17.7. The third-order valence-electron chi connectivity index (χ3n) is 4.88. The highest BCUT2D eigenvalue weighted by atomic mass is 17.2. The third kappa shape index (κ3) is 9.89. The van der Waals surface area contributed by atoms with Crippen molar-refractivity contribution in [1.29, 1.82) is 0 Å². The van der Waals surface area contributed by atoms with Crippen LogP contribution in [-0.2, 0) is 24.2 Å². The van der Waals surface area contributed by atoms with Crippen LogP contribution in [0.2, 0.25) is 0 Å². The summed E-state index contributed by atoms with van der Waals surface area (Å²) in [6, 6.07) is 7.53. The average molecular weight is 449 g/mol. The van der Waals surface area contributed by atoms with Crippen LogP contribution in [0.15, 0.2) is 59.7 Å². The number of carbonyl (C=O) groups excluding carboxylic acids is 1. The van der Waals surface area contributed by atoms with Crippen LogP contribution in [0, 0.1) is 5.92 Å². The lowest BCUT2D eigenvalue weighted by molar-refractivity contribution is -0.405. The fourth-order valence-corrected chi connectivity index (χ4v) is 3.46. The number of methoxy groups -OCH3 is 1. The standard InChI is InChI=1S/C9H10O3.C8H14O2.C8H12O2/c1-6-7-4-2-3-5-8(7)9(10)12-11-6;1-6-3-7(2)5-8(4-6)10-9;1-4-5-7(2)6-8(9)10-3/h2-6,9-10H,1H3;4,7-9H,3,5H2,1-2H3;4-6H,1-3H3/b;;5-4+,7-6-. The minimum Gasteiger partial charge on any atom is -0.466 e. The van der Waals surface area contributed by atoms with Gasteiger partial charge in [-0.05, 0) is 57.6 Å². The van der Waals surface area contributed by atoms with E-state index in [9.17, 15) is 9.90 Å². The predicted molar refractivity (Wildman–Crippen MR) is 122 cm³/mol. The first-order valence-electron chi connectivity index (χ1n) is 10.7. The Morgan fingerprint density at radius 2 is 1.84 bits per heavy atom. The van der Waals surface area contributed by atoms with Crippen LogP contribution < -0.4 is 0 Å². The van der Waals surface area contributed by atoms with E-state index in [0.29, 0.717) is 5.92 Å². The Morgan fingerprint density at radius 1 is 1.19 bits per heavy atom. The molecule has 1 aromatic rings. The summed E-state index contributed by atoms with van der Waals surface area (Å²) in [5.74, 6) is 0.331. The first kappa shape index (κ1) is 27.7. The molecule has 7 heteroatoms. The molecular formula is C25H36O7. The summed E-state index contributed by atoms with van der Waals surface area (Å²) in [7, 11) is 1.36. The van der Waals surface area contributed by atoms with Crippen LogP contribution in [0.5, 0.6) is 0 Å². The second-order valence-corrected chi connectivity index (χ2v) is 7.93. The second-order valence-electron chi connectivity index (χ2n) is 7.93. The first-order chi connectivity index (χ1) is 15.2. The van der Waals surface area contributed by atoms with Gasteiger partial charge in [-0.1, -0.05) is 55.0 Å². The molecule has 2 N–H and O–H groups in total. The normalized spacial score (nSPS) is 24.9. The van der Waals surface area contributed by atoms with Gasteiger partial charge in [0.15, 0.2) is 0 Å². The molecule has 4 unspecified atom stereocenters. The topological polar surface area (TPSA) is 94.5 Å². The van der Waals surface area contributed by atoms with Crippen LogP contribution in [0.25, 0.3) is 0 Å². The monoisotopic (exact) mass is 448 g/mol. The quantitative estimate of drug-likeness (QED) is 0.155. The lowest BCUT2D eigenvalue weighted by atomic mass is 9.89. The molecule has 0 spiro atoms. The lowest BCUT2D eigenvalue weighted by Gasteiger charge is -2.25. The van der Waals surface area contributed by atoms with Crippen molar-refractivity contribution < 1.29 is 34.6 Å². The van der Waals surface area contributed by atoms with Crippen molar-refractivity contribution in [3.05, 3.63) is 70.8 Å². The van der Waals surface area contributed by atoms with Crippen LogP contribution in [0.1, 0.15) is 71.0 Å². The Labute approximate surface area is 190 Å². The maximum atomic E-state index is 10.6. The zero-order valence-corrected chi connectivity index (χ0v) is 19.8. The van der Waals surface area contributed by atoms with Gasteiger partial charge in [-0.2, -0.15) is 4.89 Å². The number of allylic oxidation sites excluding steroid dienone is 4. The van der Waals surface area contributed by atoms with Crippen molar-refractivity contribution in [1.82, 2.24) is 0 Å². The summed E-state index contributed by atoms with van der Waals surface area (Å²) in [6.07, 6.45) is 8.10. The Morgan fingerprint density at radius 3 is 2.38 bits per heavy atom. The van der Waals surface area contributed by atoms with Crippen LogP contribution in [0.4, 0.5) is 0 Å². The molecule has 1 aliphatic carbocycles. The number of ether oxygens (including phenoxy) is 1. The molecule has 1 aromatic carbocycles. The van der Waals surface area contributed by atoms with Crippen molar-refractivity contribution in [2.75, 3.05) is 7.11 Å². The van der Waals surface area contributed by atoms with E-state index in [4.69, 9.17) is 10.1 Å². The van der Waals surface area contributed by atoms with Crippen molar-refractivity contribution in [3.63, 3.8) is 0 Å². The Hall–Kier alpha value is -2.29. The number of aliphatic hydroxyl groups is 1. The summed E-state index contributed by atoms with van der Waals surface area (Å²) < 4.78 is 4.42. The highest BCUT2D eigenvalue weighted by Crippen LogP contribution is 2.32. The molecule has 0 aromatic heterocycles. The van der Waals surface area contributed by atoms with Gasteiger partial charge in [0.25, 0.3) is 0 Å². The third-order valence-corrected chi connectivity index (χ3v) is 4.88. The van der Waals surface area contributed by atoms with E-state index in [0.717, 1.165) is 29.5 Å². The Balaban J connectivity index is 0.000000242. The molecule has 0 amide bonds. The highest BCUT2D eigenvalue weighted by molar-refractivity contribution is 5.83. The van der Waals surface area contributed by atoms with Gasteiger partial charge in [-0.25, -0.2) is 14.6 Å². The van der Waals surface area contributed by atoms with Gasteiger partial charge in [0.05, 0.1) is 7.11 Å². The molecule has 0 saturated heterocycles. The minimum atomic E-state index is -0.947. The molecule has 0 fully saturated rings. The number of hydrogen-bond donors (Lipinski definition) is 2. The van der Waals surface area contributed by atoms with Gasteiger partial charge in [0, 0.05) is 11.6 Å². The molecule has 32 heavy (non-hydrogen) atoms. The van der Waals surface area contributed by atoms with E-state index in [1.165, 1.54) is 18.8 Å². The lowest BCUT2D eigenvalue weighted by Crippen LogP contribution is -2.17. The number of hydrogen-bond acceptors (Lipinski definition) is 7. The van der Waals surface area contributed by atoms with Gasteiger partial charge in [-0.15, -0.1) is 0 Å². The fourth-order valence-electron chi connectivity index (χ4n) is 3.46. The van der Waals surface area contributed by atoms with Crippen molar-refractivity contribution >= 4 is 5.97 Å². The molecule has 0 radical (unpaired) electrons. The van der Waals surface area contributed by atoms with E-state index < -0.39 is 6.29 Å². The molecule has 1 heterocycles. The largest absolute Gasteiger partial charge is 0.466 e. The van der Waals surface area contributed by atoms with Crippen LogP contribution in [-0.4, -0.2) is 29.5 Å². The summed E-state index contributed by atoms with van der Waals surface area (Å²) >= 11 is 0. The van der Waals surface area contributed by atoms with E-state index in [1.807, 2.05) is 63.3 Å². The van der Waals surface area contributed by atoms with E-state index >= 15 is 0 Å². The molecule has 0 saturated carbocycles. The zero-order valence-electron chi connectivity index (χ0n) is 19.8.